The van der Waals surface area contributed by atoms with Crippen LogP contribution in [0.1, 0.15) is 16.8 Å². The number of nitrogens with two attached hydrogens (primary N) is 1. The molecule has 0 saturated carbocycles. The topological polar surface area (TPSA) is 43.4 Å². The van der Waals surface area contributed by atoms with E-state index in [1.807, 2.05) is 0 Å². The van der Waals surface area contributed by atoms with Crippen molar-refractivity contribution in [3.8, 4) is 5.75 Å². The maximum Gasteiger partial charge on any atom is 0.119 e. The normalized spacial score (nSPS) is 15.6. The molecule has 3 rings (SSSR count). The molecule has 0 saturated heterocycles. The van der Waals surface area contributed by atoms with Gasteiger partial charge in [0.1, 0.15) is 5.75 Å². The predicted octanol–water partition coefficient (Wildman–Crippen LogP) is 1.90. The van der Waals surface area contributed by atoms with Gasteiger partial charge < -0.3 is 15.0 Å². The molecule has 2 N–H and O–H groups in total. The van der Waals surface area contributed by atoms with Crippen molar-refractivity contribution in [2.24, 2.45) is 5.73 Å². The number of ether oxygens (including phenoxy) is 1. The Kier molecular flexibility index (Phi) is 3.44. The number of aryl methyl sites for hydroxylation is 1. The smallest absolute Gasteiger partial charge is 0.119 e. The lowest BCUT2D eigenvalue weighted by Gasteiger charge is -2.26. The van der Waals surface area contributed by atoms with Crippen LogP contribution in [0.25, 0.3) is 10.9 Å². The molecule has 2 heterocycles. The van der Waals surface area contributed by atoms with Crippen LogP contribution >= 0.6 is 0 Å². The van der Waals surface area contributed by atoms with E-state index in [0.29, 0.717) is 6.54 Å². The second kappa shape index (κ2) is 5.11. The van der Waals surface area contributed by atoms with E-state index in [9.17, 15) is 0 Å². The van der Waals surface area contributed by atoms with Gasteiger partial charge in [-0.05, 0) is 50.2 Å². The minimum absolute atomic E-state index is 0.687. The molecule has 0 amide bonds. The second-order valence-corrected chi connectivity index (χ2v) is 5.69. The molecular weight excluding hydrogens is 250 g/mol. The van der Waals surface area contributed by atoms with Crippen LogP contribution in [0, 0.1) is 6.92 Å². The van der Waals surface area contributed by atoms with E-state index in [2.05, 4.69) is 35.6 Å². The van der Waals surface area contributed by atoms with E-state index < -0.39 is 0 Å². The van der Waals surface area contributed by atoms with Crippen LogP contribution in [0.3, 0.4) is 0 Å². The van der Waals surface area contributed by atoms with Gasteiger partial charge in [0.2, 0.25) is 0 Å². The number of likely N-dealkylation sites (N-methyl/N-ethyl adjacent to an activating group) is 1. The number of methoxy groups -OCH3 is 1. The lowest BCUT2D eigenvalue weighted by atomic mass is 10.0. The molecule has 0 aliphatic carbocycles. The highest BCUT2D eigenvalue weighted by atomic mass is 16.5. The van der Waals surface area contributed by atoms with Crippen LogP contribution in [-0.4, -0.2) is 36.7 Å². The first-order chi connectivity index (χ1) is 9.65. The lowest BCUT2D eigenvalue weighted by Crippen LogP contribution is -2.30. The summed E-state index contributed by atoms with van der Waals surface area (Å²) >= 11 is 0. The van der Waals surface area contributed by atoms with E-state index in [0.717, 1.165) is 31.8 Å². The third-order valence-corrected chi connectivity index (χ3v) is 4.30. The number of hydrogen-bond donors (Lipinski definition) is 1. The molecule has 0 spiro atoms. The summed E-state index contributed by atoms with van der Waals surface area (Å²) < 4.78 is 7.92. The van der Waals surface area contributed by atoms with E-state index in [-0.39, 0.29) is 0 Å². The summed E-state index contributed by atoms with van der Waals surface area (Å²) in [6.07, 6.45) is 0.930. The summed E-state index contributed by atoms with van der Waals surface area (Å²) in [5.41, 5.74) is 11.3. The first-order valence-electron chi connectivity index (χ1n) is 7.23. The summed E-state index contributed by atoms with van der Waals surface area (Å²) in [5.74, 6) is 0.935. The number of rotatable bonds is 3. The molecular formula is C16H23N3O. The summed E-state index contributed by atoms with van der Waals surface area (Å²) in [6.45, 7) is 6.02. The van der Waals surface area contributed by atoms with E-state index in [1.54, 1.807) is 7.11 Å². The van der Waals surface area contributed by atoms with Crippen LogP contribution < -0.4 is 10.5 Å². The van der Waals surface area contributed by atoms with Crippen LogP contribution in [0.15, 0.2) is 12.1 Å². The van der Waals surface area contributed by atoms with Gasteiger partial charge in [-0.25, -0.2) is 0 Å². The molecule has 1 aromatic heterocycles. The molecule has 0 radical (unpaired) electrons. The molecule has 1 aliphatic rings. The van der Waals surface area contributed by atoms with E-state index in [1.165, 1.54) is 27.7 Å². The maximum atomic E-state index is 5.83. The Morgan fingerprint density at radius 2 is 2.10 bits per heavy atom. The Morgan fingerprint density at radius 1 is 1.30 bits per heavy atom. The summed E-state index contributed by atoms with van der Waals surface area (Å²) in [4.78, 5) is 2.38. The van der Waals surface area contributed by atoms with Crippen molar-refractivity contribution in [2.75, 3.05) is 27.2 Å². The average Bonchev–Trinajstić information content (AvgIpc) is 2.73. The van der Waals surface area contributed by atoms with Gasteiger partial charge in [0, 0.05) is 30.7 Å². The molecule has 4 nitrogen and oxygen atoms in total. The van der Waals surface area contributed by atoms with Gasteiger partial charge in [0.05, 0.1) is 12.6 Å². The number of fused-ring (bicyclic) bond motifs is 3. The molecule has 0 atom stereocenters. The van der Waals surface area contributed by atoms with Gasteiger partial charge in [-0.15, -0.1) is 0 Å². The minimum Gasteiger partial charge on any atom is -0.497 e. The van der Waals surface area contributed by atoms with Crippen LogP contribution in [0.5, 0.6) is 5.75 Å². The fraction of sp³-hybridized carbons (Fsp3) is 0.500. The van der Waals surface area contributed by atoms with E-state index in [4.69, 9.17) is 10.5 Å². The summed E-state index contributed by atoms with van der Waals surface area (Å²) in [7, 11) is 3.91. The van der Waals surface area contributed by atoms with Crippen molar-refractivity contribution >= 4 is 10.9 Å². The molecule has 4 heteroatoms. The van der Waals surface area contributed by atoms with Crippen LogP contribution in [-0.2, 0) is 19.5 Å². The van der Waals surface area contributed by atoms with Crippen LogP contribution in [0.2, 0.25) is 0 Å². The molecule has 108 valence electrons. The Labute approximate surface area is 120 Å². The molecule has 0 bridgehead atoms. The highest BCUT2D eigenvalue weighted by molar-refractivity contribution is 5.89. The lowest BCUT2D eigenvalue weighted by molar-refractivity contribution is 0.271. The van der Waals surface area contributed by atoms with Gasteiger partial charge in [-0.1, -0.05) is 0 Å². The fourth-order valence-electron chi connectivity index (χ4n) is 3.36. The van der Waals surface area contributed by atoms with Gasteiger partial charge >= 0.3 is 0 Å². The number of hydrogen-bond acceptors (Lipinski definition) is 3. The zero-order valence-corrected chi connectivity index (χ0v) is 12.6. The van der Waals surface area contributed by atoms with E-state index >= 15 is 0 Å². The first-order valence-corrected chi connectivity index (χ1v) is 7.23. The first kappa shape index (κ1) is 13.5. The largest absolute Gasteiger partial charge is 0.497 e. The average molecular weight is 273 g/mol. The number of benzene rings is 1. The highest BCUT2D eigenvalue weighted by Gasteiger charge is 2.23. The second-order valence-electron chi connectivity index (χ2n) is 5.69. The Bertz CT molecular complexity index is 645. The zero-order chi connectivity index (χ0) is 14.3. The summed E-state index contributed by atoms with van der Waals surface area (Å²) in [6, 6.07) is 4.29. The SMILES string of the molecule is COc1cc(C)c2c(c1)c(CCN)c1n2CCN(C)C1. The third kappa shape index (κ3) is 2.00. The van der Waals surface area contributed by atoms with Crippen LogP contribution in [0.4, 0.5) is 0 Å². The Balaban J connectivity index is 2.30. The molecule has 0 unspecified atom stereocenters. The fourth-order valence-corrected chi connectivity index (χ4v) is 3.36. The van der Waals surface area contributed by atoms with Gasteiger partial charge in [-0.2, -0.15) is 0 Å². The third-order valence-electron chi connectivity index (χ3n) is 4.30. The molecule has 1 aliphatic heterocycles. The van der Waals surface area contributed by atoms with Gasteiger partial charge in [-0.3, -0.25) is 4.90 Å². The highest BCUT2D eigenvalue weighted by Crippen LogP contribution is 2.34. The minimum atomic E-state index is 0.687. The molecule has 20 heavy (non-hydrogen) atoms. The quantitative estimate of drug-likeness (QED) is 0.929. The predicted molar refractivity (Wildman–Crippen MR) is 82.3 cm³/mol. The molecule has 2 aromatic rings. The van der Waals surface area contributed by atoms with Crippen molar-refractivity contribution < 1.29 is 4.74 Å². The number of aromatic nitrogens is 1. The van der Waals surface area contributed by atoms with Crippen molar-refractivity contribution in [3.05, 3.63) is 29.0 Å². The Morgan fingerprint density at radius 3 is 2.80 bits per heavy atom. The van der Waals surface area contributed by atoms with Crippen molar-refractivity contribution in [1.29, 1.82) is 0 Å². The summed E-state index contributed by atoms with van der Waals surface area (Å²) in [5, 5.41) is 1.32. The number of nitrogens with zero attached hydrogens (tertiary/aromatic N) is 2. The van der Waals surface area contributed by atoms with Gasteiger partial charge in [0.15, 0.2) is 0 Å². The monoisotopic (exact) mass is 273 g/mol. The van der Waals surface area contributed by atoms with Crippen molar-refractivity contribution in [3.63, 3.8) is 0 Å². The van der Waals surface area contributed by atoms with Gasteiger partial charge in [0.25, 0.3) is 0 Å². The Hall–Kier alpha value is -1.52. The zero-order valence-electron chi connectivity index (χ0n) is 12.6. The van der Waals surface area contributed by atoms with Crippen molar-refractivity contribution in [2.45, 2.75) is 26.4 Å². The molecule has 1 aromatic carbocycles. The molecule has 0 fully saturated rings. The standard InChI is InChI=1S/C16H23N3O/c1-11-8-12(20-3)9-14-13(4-5-17)15-10-18(2)6-7-19(15)16(11)14/h8-9H,4-7,10,17H2,1-3H3. The maximum absolute atomic E-state index is 5.83. The van der Waals surface area contributed by atoms with Crippen molar-refractivity contribution in [1.82, 2.24) is 9.47 Å².